The molecule has 1 unspecified atom stereocenters. The first-order valence-corrected chi connectivity index (χ1v) is 6.25. The topological polar surface area (TPSA) is 89.8 Å². The summed E-state index contributed by atoms with van der Waals surface area (Å²) in [6, 6.07) is 0.690. The van der Waals surface area contributed by atoms with Crippen molar-refractivity contribution < 1.29 is 19.2 Å². The van der Waals surface area contributed by atoms with Crippen LogP contribution in [-0.4, -0.2) is 27.3 Å². The summed E-state index contributed by atoms with van der Waals surface area (Å²) in [6.07, 6.45) is 1.29. The van der Waals surface area contributed by atoms with E-state index in [9.17, 15) is 0 Å². The lowest BCUT2D eigenvalue weighted by molar-refractivity contribution is 0.275. The molecular formula is C8H22NO4P. The second-order valence-electron chi connectivity index (χ2n) is 3.60. The smallest absolute Gasteiger partial charge is 0.315 e. The van der Waals surface area contributed by atoms with Crippen LogP contribution in [0.25, 0.3) is 0 Å². The number of hydrogen-bond acceptors (Lipinski definition) is 2. The maximum absolute atomic E-state index is 8.88. The zero-order chi connectivity index (χ0) is 11.8. The van der Waals surface area contributed by atoms with E-state index in [2.05, 4.69) is 33.0 Å². The van der Waals surface area contributed by atoms with Gasteiger partial charge in [0.15, 0.2) is 0 Å². The van der Waals surface area contributed by atoms with Crippen LogP contribution >= 0.6 is 7.82 Å². The highest BCUT2D eigenvalue weighted by Crippen LogP contribution is 2.25. The van der Waals surface area contributed by atoms with Crippen LogP contribution in [0.1, 0.15) is 34.1 Å². The molecule has 0 amide bonds. The molecule has 0 saturated carbocycles. The summed E-state index contributed by atoms with van der Waals surface area (Å²) in [4.78, 5) is 21.6. The Bertz CT molecular complexity index is 160. The van der Waals surface area contributed by atoms with Crippen LogP contribution in [0.5, 0.6) is 0 Å². The van der Waals surface area contributed by atoms with Gasteiger partial charge < -0.3 is 20.0 Å². The maximum atomic E-state index is 8.88. The molecule has 0 aromatic carbocycles. The third-order valence-corrected chi connectivity index (χ3v) is 1.38. The van der Waals surface area contributed by atoms with Gasteiger partial charge in [-0.15, -0.1) is 0 Å². The molecule has 0 aliphatic heterocycles. The normalized spacial score (nSPS) is 13.4. The van der Waals surface area contributed by atoms with Gasteiger partial charge in [-0.2, -0.15) is 0 Å². The second kappa shape index (κ2) is 8.38. The lowest BCUT2D eigenvalue weighted by Gasteiger charge is -2.13. The second-order valence-corrected chi connectivity index (χ2v) is 4.63. The molecular weight excluding hydrogens is 205 g/mol. The molecule has 0 rings (SSSR count). The van der Waals surface area contributed by atoms with Crippen LogP contribution in [0.15, 0.2) is 0 Å². The van der Waals surface area contributed by atoms with Gasteiger partial charge in [-0.3, -0.25) is 0 Å². The molecule has 88 valence electrons. The van der Waals surface area contributed by atoms with Crippen molar-refractivity contribution in [3.63, 3.8) is 0 Å². The van der Waals surface area contributed by atoms with Crippen molar-refractivity contribution in [3.8, 4) is 0 Å². The molecule has 0 aromatic heterocycles. The zero-order valence-corrected chi connectivity index (χ0v) is 10.2. The van der Waals surface area contributed by atoms with Crippen LogP contribution in [-0.2, 0) is 4.57 Å². The monoisotopic (exact) mass is 227 g/mol. The van der Waals surface area contributed by atoms with Crippen LogP contribution in [0.4, 0.5) is 0 Å². The highest BCUT2D eigenvalue weighted by atomic mass is 31.2. The number of nitrogens with one attached hydrogen (secondary N) is 1. The molecule has 0 radical (unpaired) electrons. The predicted molar refractivity (Wildman–Crippen MR) is 56.9 cm³/mol. The highest BCUT2D eigenvalue weighted by molar-refractivity contribution is 7.45. The van der Waals surface area contributed by atoms with Crippen molar-refractivity contribution in [2.45, 2.75) is 40.2 Å². The molecule has 0 fully saturated rings. The third-order valence-electron chi connectivity index (χ3n) is 1.38. The molecule has 0 aliphatic carbocycles. The van der Waals surface area contributed by atoms with Crippen molar-refractivity contribution >= 4 is 7.82 Å². The molecule has 0 saturated heterocycles. The predicted octanol–water partition coefficient (Wildman–Crippen LogP) is 1.10. The first-order chi connectivity index (χ1) is 6.16. The van der Waals surface area contributed by atoms with Gasteiger partial charge in [-0.25, -0.2) is 4.57 Å². The van der Waals surface area contributed by atoms with Gasteiger partial charge in [0, 0.05) is 6.04 Å². The first-order valence-electron chi connectivity index (χ1n) is 4.68. The molecule has 0 bridgehead atoms. The van der Waals surface area contributed by atoms with Gasteiger partial charge in [0.2, 0.25) is 0 Å². The molecule has 0 aromatic rings. The summed E-state index contributed by atoms with van der Waals surface area (Å²) in [7, 11) is -4.64. The zero-order valence-electron chi connectivity index (χ0n) is 9.27. The first kappa shape index (κ1) is 16.5. The number of phosphoric acid groups is 1. The van der Waals surface area contributed by atoms with Crippen molar-refractivity contribution in [1.82, 2.24) is 5.32 Å². The molecule has 14 heavy (non-hydrogen) atoms. The molecule has 0 heterocycles. The van der Waals surface area contributed by atoms with Crippen molar-refractivity contribution in [2.24, 2.45) is 5.92 Å². The van der Waals surface area contributed by atoms with E-state index in [-0.39, 0.29) is 0 Å². The molecule has 6 heteroatoms. The molecule has 0 aliphatic rings. The Morgan fingerprint density at radius 3 is 1.79 bits per heavy atom. The molecule has 4 N–H and O–H groups in total. The number of hydrogen-bond donors (Lipinski definition) is 4. The minimum atomic E-state index is -4.64. The van der Waals surface area contributed by atoms with E-state index >= 15 is 0 Å². The summed E-state index contributed by atoms with van der Waals surface area (Å²) < 4.78 is 8.88. The van der Waals surface area contributed by atoms with E-state index in [1.165, 1.54) is 6.42 Å². The largest absolute Gasteiger partial charge is 0.466 e. The SMILES string of the molecule is CCNC(C)CC(C)C.O=P(O)(O)O. The molecule has 5 nitrogen and oxygen atoms in total. The average Bonchev–Trinajstić information content (AvgIpc) is 1.80. The lowest BCUT2D eigenvalue weighted by atomic mass is 10.1. The van der Waals surface area contributed by atoms with E-state index in [0.717, 1.165) is 12.5 Å². The van der Waals surface area contributed by atoms with Crippen molar-refractivity contribution in [3.05, 3.63) is 0 Å². The number of rotatable bonds is 4. The van der Waals surface area contributed by atoms with Crippen LogP contribution < -0.4 is 5.32 Å². The van der Waals surface area contributed by atoms with Gasteiger partial charge in [0.1, 0.15) is 0 Å². The fourth-order valence-corrected chi connectivity index (χ4v) is 1.14. The van der Waals surface area contributed by atoms with Gasteiger partial charge in [-0.1, -0.05) is 20.8 Å². The fourth-order valence-electron chi connectivity index (χ4n) is 1.14. The standard InChI is InChI=1S/C8H19N.H3O4P/c1-5-9-8(4)6-7(2)3;1-5(2,3)4/h7-9H,5-6H2,1-4H3;(H3,1,2,3,4). The van der Waals surface area contributed by atoms with Gasteiger partial charge in [0.25, 0.3) is 0 Å². The summed E-state index contributed by atoms with van der Waals surface area (Å²) >= 11 is 0. The van der Waals surface area contributed by atoms with Gasteiger partial charge in [-0.05, 0) is 25.8 Å². The van der Waals surface area contributed by atoms with E-state index < -0.39 is 7.82 Å². The van der Waals surface area contributed by atoms with Gasteiger partial charge >= 0.3 is 7.82 Å². The van der Waals surface area contributed by atoms with E-state index in [1.807, 2.05) is 0 Å². The van der Waals surface area contributed by atoms with Crippen molar-refractivity contribution in [1.29, 1.82) is 0 Å². The van der Waals surface area contributed by atoms with E-state index in [1.54, 1.807) is 0 Å². The van der Waals surface area contributed by atoms with E-state index in [4.69, 9.17) is 19.2 Å². The Morgan fingerprint density at radius 2 is 1.57 bits per heavy atom. The molecule has 0 spiro atoms. The third kappa shape index (κ3) is 29.6. The summed E-state index contributed by atoms with van der Waals surface area (Å²) in [6.45, 7) is 10.00. The highest BCUT2D eigenvalue weighted by Gasteiger charge is 2.01. The van der Waals surface area contributed by atoms with Crippen LogP contribution in [0.3, 0.4) is 0 Å². The Kier molecular flexibility index (Phi) is 9.88. The van der Waals surface area contributed by atoms with Crippen molar-refractivity contribution in [2.75, 3.05) is 6.54 Å². The summed E-state index contributed by atoms with van der Waals surface area (Å²) in [5, 5.41) is 3.38. The minimum Gasteiger partial charge on any atom is -0.315 e. The summed E-state index contributed by atoms with van der Waals surface area (Å²) in [5.41, 5.74) is 0. The Labute approximate surface area is 85.8 Å². The Balaban J connectivity index is 0. The minimum absolute atomic E-state index is 0.690. The Hall–Kier alpha value is 0.0700. The van der Waals surface area contributed by atoms with E-state index in [0.29, 0.717) is 6.04 Å². The Morgan fingerprint density at radius 1 is 1.21 bits per heavy atom. The average molecular weight is 227 g/mol. The summed E-state index contributed by atoms with van der Waals surface area (Å²) in [5.74, 6) is 0.819. The quantitative estimate of drug-likeness (QED) is 0.540. The maximum Gasteiger partial charge on any atom is 0.466 e. The van der Waals surface area contributed by atoms with Crippen LogP contribution in [0, 0.1) is 5.92 Å². The van der Waals surface area contributed by atoms with Crippen LogP contribution in [0.2, 0.25) is 0 Å². The van der Waals surface area contributed by atoms with Gasteiger partial charge in [0.05, 0.1) is 0 Å². The molecule has 1 atom stereocenters. The lowest BCUT2D eigenvalue weighted by Crippen LogP contribution is -2.26. The fraction of sp³-hybridized carbons (Fsp3) is 1.00.